The van der Waals surface area contributed by atoms with Gasteiger partial charge in [0.05, 0.1) is 29.5 Å². The third kappa shape index (κ3) is 4.35. The highest BCUT2D eigenvalue weighted by molar-refractivity contribution is 6.22. The lowest BCUT2D eigenvalue weighted by Gasteiger charge is -2.25. The molecule has 0 bridgehead atoms. The van der Waals surface area contributed by atoms with E-state index in [2.05, 4.69) is 6.92 Å². The highest BCUT2D eigenvalue weighted by Gasteiger charge is 2.50. The lowest BCUT2D eigenvalue weighted by atomic mass is 9.76. The molecule has 3 aliphatic rings. The fraction of sp³-hybridized carbons (Fsp3) is 0.429. The van der Waals surface area contributed by atoms with Gasteiger partial charge in [0.25, 0.3) is 0 Å². The maximum Gasteiger partial charge on any atom is 0.316 e. The lowest BCUT2D eigenvalue weighted by Crippen LogP contribution is -2.31. The number of hydrogen-bond donors (Lipinski definition) is 0. The molecule has 2 heterocycles. The van der Waals surface area contributed by atoms with Crippen LogP contribution in [0.4, 0.5) is 5.69 Å². The van der Waals surface area contributed by atoms with Crippen molar-refractivity contribution in [3.05, 3.63) is 60.2 Å². The number of carbonyl (C=O) groups excluding carboxylic acids is 4. The van der Waals surface area contributed by atoms with Gasteiger partial charge in [-0.1, -0.05) is 43.3 Å². The molecule has 182 valence electrons. The summed E-state index contributed by atoms with van der Waals surface area (Å²) in [5, 5.41) is 0. The molecule has 0 aromatic heterocycles. The molecule has 1 aliphatic carbocycles. The van der Waals surface area contributed by atoms with Gasteiger partial charge < -0.3 is 9.64 Å². The summed E-state index contributed by atoms with van der Waals surface area (Å²) < 4.78 is 5.62. The van der Waals surface area contributed by atoms with Crippen molar-refractivity contribution >= 4 is 29.4 Å². The van der Waals surface area contributed by atoms with Gasteiger partial charge >= 0.3 is 5.97 Å². The largest absolute Gasteiger partial charge is 0.426 e. The molecule has 2 aromatic carbocycles. The van der Waals surface area contributed by atoms with Gasteiger partial charge in [0.1, 0.15) is 5.75 Å². The Morgan fingerprint density at radius 2 is 1.71 bits per heavy atom. The minimum Gasteiger partial charge on any atom is -0.426 e. The average molecular weight is 475 g/mol. The molecule has 5 rings (SSSR count). The van der Waals surface area contributed by atoms with Gasteiger partial charge in [-0.25, -0.2) is 4.90 Å². The van der Waals surface area contributed by atoms with Gasteiger partial charge in [0.15, 0.2) is 0 Å². The Morgan fingerprint density at radius 1 is 0.971 bits per heavy atom. The van der Waals surface area contributed by atoms with E-state index in [0.717, 1.165) is 24.8 Å². The third-order valence-corrected chi connectivity index (χ3v) is 7.72. The Morgan fingerprint density at radius 3 is 2.49 bits per heavy atom. The van der Waals surface area contributed by atoms with Crippen molar-refractivity contribution in [2.45, 2.75) is 45.6 Å². The summed E-state index contributed by atoms with van der Waals surface area (Å²) in [6.45, 7) is 4.36. The predicted octanol–water partition coefficient (Wildman–Crippen LogP) is 4.13. The van der Waals surface area contributed by atoms with E-state index < -0.39 is 11.9 Å². The molecule has 5 atom stereocenters. The summed E-state index contributed by atoms with van der Waals surface area (Å²) >= 11 is 0. The Hall–Kier alpha value is -3.48. The first-order valence-electron chi connectivity index (χ1n) is 12.4. The number of esters is 1. The molecule has 0 spiro atoms. The first-order chi connectivity index (χ1) is 16.8. The molecule has 2 saturated heterocycles. The maximum atomic E-state index is 13.0. The van der Waals surface area contributed by atoms with Crippen LogP contribution in [-0.4, -0.2) is 35.1 Å². The second kappa shape index (κ2) is 9.29. The number of fused-ring (bicyclic) bond motifs is 1. The Balaban J connectivity index is 1.27. The normalized spacial score (nSPS) is 27.2. The van der Waals surface area contributed by atoms with Crippen LogP contribution in [0.25, 0.3) is 0 Å². The molecule has 35 heavy (non-hydrogen) atoms. The molecule has 2 aromatic rings. The predicted molar refractivity (Wildman–Crippen MR) is 129 cm³/mol. The minimum absolute atomic E-state index is 0.0813. The van der Waals surface area contributed by atoms with Gasteiger partial charge in [-0.15, -0.1) is 0 Å². The summed E-state index contributed by atoms with van der Waals surface area (Å²) in [6, 6.07) is 16.1. The smallest absolute Gasteiger partial charge is 0.316 e. The highest BCUT2D eigenvalue weighted by atomic mass is 16.5. The van der Waals surface area contributed by atoms with Gasteiger partial charge in [-0.3, -0.25) is 19.2 Å². The van der Waals surface area contributed by atoms with E-state index in [1.807, 2.05) is 37.3 Å². The summed E-state index contributed by atoms with van der Waals surface area (Å²) in [4.78, 5) is 54.6. The van der Waals surface area contributed by atoms with Crippen LogP contribution >= 0.6 is 0 Å². The highest BCUT2D eigenvalue weighted by Crippen LogP contribution is 2.42. The number of likely N-dealkylation sites (tertiary alicyclic amines) is 1. The fourth-order valence-electron chi connectivity index (χ4n) is 5.70. The molecule has 2 aliphatic heterocycles. The number of ether oxygens (including phenoxy) is 1. The third-order valence-electron chi connectivity index (χ3n) is 7.72. The van der Waals surface area contributed by atoms with Crippen molar-refractivity contribution in [1.29, 1.82) is 0 Å². The number of benzene rings is 2. The van der Waals surface area contributed by atoms with Crippen LogP contribution < -0.4 is 9.64 Å². The standard InChI is InChI=1S/C28H30N2O5/c1-17-11-12-23-24(13-17)27(33)30(26(23)32)21-9-6-10-22(15-21)35-28(34)20-14-25(31)29(16-20)18(2)19-7-4-3-5-8-19/h3-10,15,17-18,20,23-24H,11-14,16H2,1-2H3/t17-,18-,20-,23+,24-/m1/s1. The first-order valence-corrected chi connectivity index (χ1v) is 12.4. The zero-order valence-electron chi connectivity index (χ0n) is 20.1. The van der Waals surface area contributed by atoms with Gasteiger partial charge in [0.2, 0.25) is 17.7 Å². The van der Waals surface area contributed by atoms with E-state index in [9.17, 15) is 19.2 Å². The molecule has 1 saturated carbocycles. The average Bonchev–Trinajstić information content (AvgIpc) is 3.36. The fourth-order valence-corrected chi connectivity index (χ4v) is 5.70. The minimum atomic E-state index is -0.572. The molecule has 7 heteroatoms. The SMILES string of the molecule is C[C@@H]1CC[C@@H]2C(=O)N(c3cccc(OC(=O)[C@@H]4CC(=O)N([C@H](C)c5ccccc5)C4)c3)C(=O)[C@@H]2C1. The van der Waals surface area contributed by atoms with Crippen LogP contribution in [0.1, 0.15) is 51.1 Å². The second-order valence-electron chi connectivity index (χ2n) is 10.1. The van der Waals surface area contributed by atoms with E-state index in [1.165, 1.54) is 4.90 Å². The van der Waals surface area contributed by atoms with E-state index >= 15 is 0 Å². The summed E-state index contributed by atoms with van der Waals surface area (Å²) in [5.41, 5.74) is 1.44. The number of anilines is 1. The van der Waals surface area contributed by atoms with Gasteiger partial charge in [-0.2, -0.15) is 0 Å². The van der Waals surface area contributed by atoms with Crippen molar-refractivity contribution in [1.82, 2.24) is 4.90 Å². The number of amides is 3. The van der Waals surface area contributed by atoms with Crippen molar-refractivity contribution in [3.8, 4) is 5.75 Å². The molecule has 3 fully saturated rings. The van der Waals surface area contributed by atoms with Crippen LogP contribution in [0.2, 0.25) is 0 Å². The van der Waals surface area contributed by atoms with E-state index in [0.29, 0.717) is 11.6 Å². The molecule has 3 amide bonds. The van der Waals surface area contributed by atoms with Crippen LogP contribution in [0.5, 0.6) is 5.75 Å². The maximum absolute atomic E-state index is 13.0. The van der Waals surface area contributed by atoms with Crippen LogP contribution in [0, 0.1) is 23.7 Å². The van der Waals surface area contributed by atoms with Gasteiger partial charge in [-0.05, 0) is 49.8 Å². The monoisotopic (exact) mass is 474 g/mol. The number of carbonyl (C=O) groups is 4. The number of nitrogens with zero attached hydrogens (tertiary/aromatic N) is 2. The van der Waals surface area contributed by atoms with Crippen molar-refractivity contribution < 1.29 is 23.9 Å². The zero-order chi connectivity index (χ0) is 24.7. The summed E-state index contributed by atoms with van der Waals surface area (Å²) in [6.07, 6.45) is 2.51. The summed E-state index contributed by atoms with van der Waals surface area (Å²) in [7, 11) is 0. The number of hydrogen-bond acceptors (Lipinski definition) is 5. The molecular weight excluding hydrogens is 444 g/mol. The Bertz CT molecular complexity index is 1160. The van der Waals surface area contributed by atoms with Crippen molar-refractivity contribution in [3.63, 3.8) is 0 Å². The van der Waals surface area contributed by atoms with Crippen molar-refractivity contribution in [2.75, 3.05) is 11.4 Å². The lowest BCUT2D eigenvalue weighted by molar-refractivity contribution is -0.139. The number of imide groups is 1. The second-order valence-corrected chi connectivity index (χ2v) is 10.1. The Kier molecular flexibility index (Phi) is 6.17. The molecule has 0 N–H and O–H groups in total. The molecule has 7 nitrogen and oxygen atoms in total. The number of rotatable bonds is 5. The van der Waals surface area contributed by atoms with Crippen LogP contribution in [0.15, 0.2) is 54.6 Å². The zero-order valence-corrected chi connectivity index (χ0v) is 20.1. The molecule has 0 radical (unpaired) electrons. The molecular formula is C28H30N2O5. The van der Waals surface area contributed by atoms with E-state index in [-0.39, 0.29) is 54.3 Å². The van der Waals surface area contributed by atoms with E-state index in [4.69, 9.17) is 4.74 Å². The van der Waals surface area contributed by atoms with Crippen molar-refractivity contribution in [2.24, 2.45) is 23.7 Å². The summed E-state index contributed by atoms with van der Waals surface area (Å²) in [5.74, 6) is -1.30. The van der Waals surface area contributed by atoms with Crippen LogP contribution in [0.3, 0.4) is 0 Å². The first kappa shape index (κ1) is 23.3. The van der Waals surface area contributed by atoms with Gasteiger partial charge in [0, 0.05) is 19.0 Å². The quantitative estimate of drug-likeness (QED) is 0.370. The topological polar surface area (TPSA) is 84.0 Å². The van der Waals surface area contributed by atoms with E-state index in [1.54, 1.807) is 29.2 Å². The van der Waals surface area contributed by atoms with Crippen LogP contribution in [-0.2, 0) is 19.2 Å². The molecule has 0 unspecified atom stereocenters. The Labute approximate surface area is 205 Å².